The van der Waals surface area contributed by atoms with E-state index in [1.807, 2.05) is 18.2 Å². The number of hydrogen-bond acceptors (Lipinski definition) is 3. The van der Waals surface area contributed by atoms with Crippen molar-refractivity contribution >= 4 is 6.47 Å². The van der Waals surface area contributed by atoms with Gasteiger partial charge in [0, 0.05) is 19.6 Å². The standard InChI is InChI=1S/C24H25NO2/c1-20-7-9-22(10-8-20)16-25(15-21-5-3-2-4-6-21)17-23-11-13-24(14-12-23)18-27-19-26/h2-14,19H,15-18H2,1H3. The van der Waals surface area contributed by atoms with Crippen molar-refractivity contribution in [1.29, 1.82) is 0 Å². The van der Waals surface area contributed by atoms with Crippen LogP contribution in [0.25, 0.3) is 0 Å². The van der Waals surface area contributed by atoms with Crippen molar-refractivity contribution in [3.8, 4) is 0 Å². The first kappa shape index (κ1) is 18.9. The quantitative estimate of drug-likeness (QED) is 0.511. The molecule has 0 aliphatic carbocycles. The third-order valence-corrected chi connectivity index (χ3v) is 4.52. The van der Waals surface area contributed by atoms with Gasteiger partial charge in [-0.15, -0.1) is 0 Å². The first-order valence-electron chi connectivity index (χ1n) is 9.18. The summed E-state index contributed by atoms with van der Waals surface area (Å²) in [4.78, 5) is 12.8. The zero-order valence-electron chi connectivity index (χ0n) is 15.7. The molecular weight excluding hydrogens is 334 g/mol. The molecule has 0 N–H and O–H groups in total. The number of aryl methyl sites for hydroxylation is 1. The molecule has 0 aliphatic heterocycles. The smallest absolute Gasteiger partial charge is 0.293 e. The van der Waals surface area contributed by atoms with E-state index in [1.165, 1.54) is 22.3 Å². The molecule has 0 heterocycles. The Morgan fingerprint density at radius 2 is 1.19 bits per heavy atom. The molecule has 3 aromatic rings. The molecule has 0 radical (unpaired) electrons. The lowest BCUT2D eigenvalue weighted by atomic mass is 10.1. The minimum atomic E-state index is 0.320. The van der Waals surface area contributed by atoms with Gasteiger partial charge in [0.05, 0.1) is 0 Å². The van der Waals surface area contributed by atoms with Crippen molar-refractivity contribution < 1.29 is 9.53 Å². The molecule has 3 aromatic carbocycles. The molecule has 0 unspecified atom stereocenters. The summed E-state index contributed by atoms with van der Waals surface area (Å²) in [6.45, 7) is 5.56. The molecule has 0 fully saturated rings. The van der Waals surface area contributed by atoms with Crippen molar-refractivity contribution in [2.24, 2.45) is 0 Å². The second-order valence-electron chi connectivity index (χ2n) is 6.84. The van der Waals surface area contributed by atoms with E-state index in [-0.39, 0.29) is 0 Å². The maximum absolute atomic E-state index is 10.3. The van der Waals surface area contributed by atoms with E-state index in [1.54, 1.807) is 0 Å². The Kier molecular flexibility index (Phi) is 6.78. The van der Waals surface area contributed by atoms with Gasteiger partial charge in [-0.05, 0) is 29.2 Å². The summed E-state index contributed by atoms with van der Waals surface area (Å²) >= 11 is 0. The van der Waals surface area contributed by atoms with Gasteiger partial charge in [0.15, 0.2) is 0 Å². The molecule has 0 aromatic heterocycles. The second-order valence-corrected chi connectivity index (χ2v) is 6.84. The van der Waals surface area contributed by atoms with Crippen LogP contribution in [0.5, 0.6) is 0 Å². The first-order chi connectivity index (χ1) is 13.2. The van der Waals surface area contributed by atoms with Crippen LogP contribution in [0.4, 0.5) is 0 Å². The fraction of sp³-hybridized carbons (Fsp3) is 0.208. The molecule has 0 bridgehead atoms. The van der Waals surface area contributed by atoms with E-state index in [0.29, 0.717) is 13.1 Å². The molecule has 3 nitrogen and oxygen atoms in total. The number of ether oxygens (including phenoxy) is 1. The number of nitrogens with zero attached hydrogens (tertiary/aromatic N) is 1. The highest BCUT2D eigenvalue weighted by Gasteiger charge is 2.09. The molecule has 3 rings (SSSR count). The maximum Gasteiger partial charge on any atom is 0.293 e. The van der Waals surface area contributed by atoms with E-state index in [0.717, 1.165) is 25.2 Å². The molecule has 0 aliphatic rings. The fourth-order valence-corrected chi connectivity index (χ4v) is 3.09. The van der Waals surface area contributed by atoms with Crippen molar-refractivity contribution in [3.63, 3.8) is 0 Å². The Morgan fingerprint density at radius 3 is 1.74 bits per heavy atom. The second kappa shape index (κ2) is 9.70. The van der Waals surface area contributed by atoms with Gasteiger partial charge in [-0.2, -0.15) is 0 Å². The number of benzene rings is 3. The number of rotatable bonds is 9. The lowest BCUT2D eigenvalue weighted by Crippen LogP contribution is -2.22. The predicted molar refractivity (Wildman–Crippen MR) is 108 cm³/mol. The Hall–Kier alpha value is -2.91. The molecular formula is C24H25NO2. The van der Waals surface area contributed by atoms with Crippen molar-refractivity contribution in [1.82, 2.24) is 4.90 Å². The molecule has 0 saturated heterocycles. The average Bonchev–Trinajstić information content (AvgIpc) is 2.70. The highest BCUT2D eigenvalue weighted by molar-refractivity contribution is 5.37. The summed E-state index contributed by atoms with van der Waals surface area (Å²) < 4.78 is 4.82. The lowest BCUT2D eigenvalue weighted by molar-refractivity contribution is -0.129. The molecule has 0 saturated carbocycles. The van der Waals surface area contributed by atoms with E-state index >= 15 is 0 Å². The van der Waals surface area contributed by atoms with Crippen LogP contribution < -0.4 is 0 Å². The zero-order chi connectivity index (χ0) is 18.9. The van der Waals surface area contributed by atoms with Crippen LogP contribution in [0.3, 0.4) is 0 Å². The summed E-state index contributed by atoms with van der Waals surface area (Å²) in [6, 6.07) is 27.5. The molecule has 138 valence electrons. The van der Waals surface area contributed by atoms with Gasteiger partial charge in [0.25, 0.3) is 6.47 Å². The van der Waals surface area contributed by atoms with Gasteiger partial charge >= 0.3 is 0 Å². The molecule has 0 atom stereocenters. The van der Waals surface area contributed by atoms with Gasteiger partial charge < -0.3 is 4.74 Å². The van der Waals surface area contributed by atoms with E-state index < -0.39 is 0 Å². The molecule has 0 spiro atoms. The number of hydrogen-bond donors (Lipinski definition) is 0. The van der Waals surface area contributed by atoms with Crippen LogP contribution in [0.1, 0.15) is 27.8 Å². The molecule has 3 heteroatoms. The predicted octanol–water partition coefficient (Wildman–Crippen LogP) is 4.87. The zero-order valence-corrected chi connectivity index (χ0v) is 15.7. The summed E-state index contributed by atoms with van der Waals surface area (Å²) in [5.41, 5.74) is 6.14. The van der Waals surface area contributed by atoms with Crippen molar-refractivity contribution in [2.75, 3.05) is 0 Å². The Bertz CT molecular complexity index is 827. The van der Waals surface area contributed by atoms with Crippen LogP contribution in [-0.4, -0.2) is 11.4 Å². The van der Waals surface area contributed by atoms with Gasteiger partial charge in [0.2, 0.25) is 0 Å². The topological polar surface area (TPSA) is 29.5 Å². The molecule has 0 amide bonds. The Labute approximate surface area is 161 Å². The van der Waals surface area contributed by atoms with Crippen LogP contribution in [-0.2, 0) is 35.8 Å². The summed E-state index contributed by atoms with van der Waals surface area (Å²) in [7, 11) is 0. The Balaban J connectivity index is 1.72. The summed E-state index contributed by atoms with van der Waals surface area (Å²) in [5.74, 6) is 0. The maximum atomic E-state index is 10.3. The van der Waals surface area contributed by atoms with Gasteiger partial charge in [-0.3, -0.25) is 9.69 Å². The largest absolute Gasteiger partial charge is 0.463 e. The van der Waals surface area contributed by atoms with Crippen LogP contribution in [0.2, 0.25) is 0 Å². The average molecular weight is 359 g/mol. The molecule has 27 heavy (non-hydrogen) atoms. The fourth-order valence-electron chi connectivity index (χ4n) is 3.09. The van der Waals surface area contributed by atoms with Gasteiger partial charge in [-0.1, -0.05) is 84.4 Å². The number of carbonyl (C=O) groups excluding carboxylic acids is 1. The van der Waals surface area contributed by atoms with E-state index in [2.05, 4.69) is 72.5 Å². The van der Waals surface area contributed by atoms with E-state index in [4.69, 9.17) is 4.74 Å². The monoisotopic (exact) mass is 359 g/mol. The minimum absolute atomic E-state index is 0.320. The Morgan fingerprint density at radius 1 is 0.704 bits per heavy atom. The highest BCUT2D eigenvalue weighted by atomic mass is 16.5. The lowest BCUT2D eigenvalue weighted by Gasteiger charge is -2.23. The highest BCUT2D eigenvalue weighted by Crippen LogP contribution is 2.15. The van der Waals surface area contributed by atoms with E-state index in [9.17, 15) is 4.79 Å². The third kappa shape index (κ3) is 6.08. The SMILES string of the molecule is Cc1ccc(CN(Cc2ccccc2)Cc2ccc(COC=O)cc2)cc1. The van der Waals surface area contributed by atoms with Crippen LogP contribution >= 0.6 is 0 Å². The summed E-state index contributed by atoms with van der Waals surface area (Å²) in [5, 5.41) is 0. The van der Waals surface area contributed by atoms with Crippen LogP contribution in [0.15, 0.2) is 78.9 Å². The minimum Gasteiger partial charge on any atom is -0.463 e. The van der Waals surface area contributed by atoms with Gasteiger partial charge in [0.1, 0.15) is 6.61 Å². The summed E-state index contributed by atoms with van der Waals surface area (Å²) in [6.07, 6.45) is 0. The normalized spacial score (nSPS) is 10.7. The van der Waals surface area contributed by atoms with Gasteiger partial charge in [-0.25, -0.2) is 0 Å². The number of carbonyl (C=O) groups is 1. The third-order valence-electron chi connectivity index (χ3n) is 4.52. The van der Waals surface area contributed by atoms with Crippen molar-refractivity contribution in [3.05, 3.63) is 107 Å². The van der Waals surface area contributed by atoms with Crippen molar-refractivity contribution in [2.45, 2.75) is 33.2 Å². The van der Waals surface area contributed by atoms with Crippen LogP contribution in [0, 0.1) is 6.92 Å². The first-order valence-corrected chi connectivity index (χ1v) is 9.18.